The highest BCUT2D eigenvalue weighted by Gasteiger charge is 2.88. The molecule has 1 heterocycles. The quantitative estimate of drug-likeness (QED) is 0.612. The molecule has 6 saturated carbocycles. The average Bonchev–Trinajstić information content (AvgIpc) is 3.53. The van der Waals surface area contributed by atoms with Gasteiger partial charge in [0.15, 0.2) is 5.78 Å². The Labute approximate surface area is 160 Å². The van der Waals surface area contributed by atoms with Crippen molar-refractivity contribution in [2.75, 3.05) is 0 Å². The number of ether oxygens (including phenoxy) is 1. The zero-order chi connectivity index (χ0) is 17.9. The van der Waals surface area contributed by atoms with Gasteiger partial charge in [0.2, 0.25) is 0 Å². The molecule has 0 N–H and O–H groups in total. The van der Waals surface area contributed by atoms with Gasteiger partial charge in [-0.15, -0.1) is 0 Å². The van der Waals surface area contributed by atoms with E-state index in [2.05, 4.69) is 13.0 Å². The Balaban J connectivity index is 1.26. The third kappa shape index (κ3) is 1.31. The predicted octanol–water partition coefficient (Wildman–Crippen LogP) is 3.92. The van der Waals surface area contributed by atoms with E-state index in [1.807, 2.05) is 0 Å². The van der Waals surface area contributed by atoms with E-state index in [9.17, 15) is 9.59 Å². The maximum atomic E-state index is 12.2. The minimum atomic E-state index is -0.0334. The zero-order valence-electron chi connectivity index (χ0n) is 16.1. The summed E-state index contributed by atoms with van der Waals surface area (Å²) in [7, 11) is 0. The number of allylic oxidation sites excluding steroid dienone is 1. The molecule has 4 unspecified atom stereocenters. The van der Waals surface area contributed by atoms with Crippen LogP contribution in [0.1, 0.15) is 58.3 Å². The summed E-state index contributed by atoms with van der Waals surface area (Å²) < 4.78 is 6.27. The monoisotopic (exact) mass is 364 g/mol. The van der Waals surface area contributed by atoms with E-state index in [1.54, 1.807) is 5.57 Å². The van der Waals surface area contributed by atoms with E-state index in [0.717, 1.165) is 42.4 Å². The molecule has 0 aromatic heterocycles. The Bertz CT molecular complexity index is 873. The maximum Gasteiger partial charge on any atom is 0.306 e. The summed E-state index contributed by atoms with van der Waals surface area (Å²) in [4.78, 5) is 24.4. The number of ketones is 1. The first-order valence-electron chi connectivity index (χ1n) is 11.5. The van der Waals surface area contributed by atoms with Crippen molar-refractivity contribution in [1.29, 1.82) is 0 Å². The molecule has 11 atom stereocenters. The van der Waals surface area contributed by atoms with Crippen LogP contribution in [0.5, 0.6) is 0 Å². The molecule has 0 bridgehead atoms. The molecule has 27 heavy (non-hydrogen) atoms. The van der Waals surface area contributed by atoms with E-state index in [1.165, 1.54) is 32.1 Å². The number of fused-ring (bicyclic) bond motifs is 9. The number of esters is 1. The lowest BCUT2D eigenvalue weighted by atomic mass is 9.38. The topological polar surface area (TPSA) is 43.4 Å². The molecule has 8 rings (SSSR count). The molecule has 0 aromatic carbocycles. The highest BCUT2D eigenvalue weighted by Crippen LogP contribution is 2.88. The Morgan fingerprint density at radius 1 is 1.11 bits per heavy atom. The standard InChI is InChI=1S/C24H28O3/c1-22-4-2-12(25)7-17(22)13-8-14(13)20-16(22)3-5-23-10-11-6-19(26)27-24(11,23)18-9-15(18)21(20)23/h7,11,13-16,18,20-21H,2-6,8-10H2,1H3/t11?,13-,14+,15-,16?,18+,20?,21?,22-,23-,24+/m1/s1. The van der Waals surface area contributed by atoms with Crippen molar-refractivity contribution >= 4 is 11.8 Å². The average molecular weight is 364 g/mol. The van der Waals surface area contributed by atoms with Crippen molar-refractivity contribution in [1.82, 2.24) is 0 Å². The molecule has 3 nitrogen and oxygen atoms in total. The first-order chi connectivity index (χ1) is 13.0. The molecule has 0 radical (unpaired) electrons. The first kappa shape index (κ1) is 14.8. The smallest absolute Gasteiger partial charge is 0.306 e. The molecule has 0 aromatic rings. The van der Waals surface area contributed by atoms with E-state index < -0.39 is 0 Å². The largest absolute Gasteiger partial charge is 0.458 e. The second-order valence-electron chi connectivity index (χ2n) is 11.8. The Morgan fingerprint density at radius 3 is 2.85 bits per heavy atom. The van der Waals surface area contributed by atoms with Crippen LogP contribution >= 0.6 is 0 Å². The zero-order valence-corrected chi connectivity index (χ0v) is 16.1. The van der Waals surface area contributed by atoms with Gasteiger partial charge in [-0.1, -0.05) is 12.5 Å². The van der Waals surface area contributed by atoms with Crippen LogP contribution in [0.2, 0.25) is 0 Å². The molecule has 1 aliphatic heterocycles. The number of carbonyl (C=O) groups excluding carboxylic acids is 2. The van der Waals surface area contributed by atoms with Gasteiger partial charge in [-0.2, -0.15) is 0 Å². The highest BCUT2D eigenvalue weighted by atomic mass is 16.6. The molecule has 7 fully saturated rings. The van der Waals surface area contributed by atoms with Gasteiger partial charge in [-0.05, 0) is 85.5 Å². The molecule has 1 saturated heterocycles. The second-order valence-corrected chi connectivity index (χ2v) is 11.8. The predicted molar refractivity (Wildman–Crippen MR) is 97.3 cm³/mol. The summed E-state index contributed by atoms with van der Waals surface area (Å²) in [5.41, 5.74) is 2.12. The second kappa shape index (κ2) is 3.96. The molecule has 0 amide bonds. The highest BCUT2D eigenvalue weighted by molar-refractivity contribution is 5.92. The minimum absolute atomic E-state index is 0.0334. The third-order valence-corrected chi connectivity index (χ3v) is 11.4. The van der Waals surface area contributed by atoms with Crippen molar-refractivity contribution in [2.24, 2.45) is 58.2 Å². The summed E-state index contributed by atoms with van der Waals surface area (Å²) in [6.07, 6.45) is 11.1. The van der Waals surface area contributed by atoms with Crippen LogP contribution in [0.15, 0.2) is 11.6 Å². The summed E-state index contributed by atoms with van der Waals surface area (Å²) in [5.74, 6) is 6.50. The van der Waals surface area contributed by atoms with Crippen molar-refractivity contribution in [2.45, 2.75) is 63.9 Å². The van der Waals surface area contributed by atoms with Crippen molar-refractivity contribution in [3.8, 4) is 0 Å². The van der Waals surface area contributed by atoms with E-state index in [-0.39, 0.29) is 17.0 Å². The molecule has 2 spiro atoms. The number of hydrogen-bond donors (Lipinski definition) is 0. The van der Waals surface area contributed by atoms with Gasteiger partial charge in [0.05, 0.1) is 6.42 Å². The van der Waals surface area contributed by atoms with Crippen molar-refractivity contribution in [3.63, 3.8) is 0 Å². The normalized spacial score (nSPS) is 65.9. The van der Waals surface area contributed by atoms with Gasteiger partial charge in [-0.25, -0.2) is 0 Å². The van der Waals surface area contributed by atoms with Gasteiger partial charge >= 0.3 is 5.97 Å². The molecule has 142 valence electrons. The molecule has 3 heteroatoms. The Hall–Kier alpha value is -1.12. The molecular formula is C24H28O3. The molecule has 7 aliphatic carbocycles. The first-order valence-corrected chi connectivity index (χ1v) is 11.5. The fraction of sp³-hybridized carbons (Fsp3) is 0.833. The number of hydrogen-bond acceptors (Lipinski definition) is 3. The van der Waals surface area contributed by atoms with E-state index >= 15 is 0 Å². The van der Waals surface area contributed by atoms with Crippen LogP contribution in [0.25, 0.3) is 0 Å². The number of carbonyl (C=O) groups is 2. The van der Waals surface area contributed by atoms with Gasteiger partial charge < -0.3 is 4.74 Å². The van der Waals surface area contributed by atoms with Crippen LogP contribution in [0, 0.1) is 58.2 Å². The van der Waals surface area contributed by atoms with Crippen LogP contribution in [0.4, 0.5) is 0 Å². The van der Waals surface area contributed by atoms with Gasteiger partial charge in [-0.3, -0.25) is 9.59 Å². The van der Waals surface area contributed by atoms with Crippen LogP contribution in [-0.2, 0) is 14.3 Å². The van der Waals surface area contributed by atoms with Crippen LogP contribution in [0.3, 0.4) is 0 Å². The Morgan fingerprint density at radius 2 is 2.00 bits per heavy atom. The minimum Gasteiger partial charge on any atom is -0.458 e. The summed E-state index contributed by atoms with van der Waals surface area (Å²) in [6.45, 7) is 2.50. The summed E-state index contributed by atoms with van der Waals surface area (Å²) in [6, 6.07) is 0. The van der Waals surface area contributed by atoms with Crippen LogP contribution < -0.4 is 0 Å². The fourth-order valence-corrected chi connectivity index (χ4v) is 10.7. The lowest BCUT2D eigenvalue weighted by molar-refractivity contribution is -0.244. The van der Waals surface area contributed by atoms with Crippen molar-refractivity contribution < 1.29 is 14.3 Å². The van der Waals surface area contributed by atoms with Crippen molar-refractivity contribution in [3.05, 3.63) is 11.6 Å². The van der Waals surface area contributed by atoms with E-state index in [4.69, 9.17) is 4.74 Å². The van der Waals surface area contributed by atoms with Gasteiger partial charge in [0.25, 0.3) is 0 Å². The van der Waals surface area contributed by atoms with Crippen LogP contribution in [-0.4, -0.2) is 17.4 Å². The Kier molecular flexibility index (Phi) is 2.17. The lowest BCUT2D eigenvalue weighted by Crippen LogP contribution is -2.67. The van der Waals surface area contributed by atoms with Gasteiger partial charge in [0.1, 0.15) is 5.60 Å². The third-order valence-electron chi connectivity index (χ3n) is 11.4. The maximum absolute atomic E-state index is 12.2. The number of rotatable bonds is 0. The fourth-order valence-electron chi connectivity index (χ4n) is 10.7. The molecular weight excluding hydrogens is 336 g/mol. The summed E-state index contributed by atoms with van der Waals surface area (Å²) >= 11 is 0. The SMILES string of the molecule is C[C@]12CCC(=O)C=C1[C@@H]1C[C@@H]1C1C3[C@@H]4C[C@@H]4[C@@]45OC(=O)CC4C[C@]35CCC12. The molecule has 8 aliphatic rings. The summed E-state index contributed by atoms with van der Waals surface area (Å²) in [5, 5.41) is 0. The van der Waals surface area contributed by atoms with Gasteiger partial charge in [0, 0.05) is 23.7 Å². The van der Waals surface area contributed by atoms with E-state index in [0.29, 0.717) is 35.4 Å². The lowest BCUT2D eigenvalue weighted by Gasteiger charge is -2.67.